The van der Waals surface area contributed by atoms with Crippen molar-refractivity contribution in [2.75, 3.05) is 0 Å². The Hall–Kier alpha value is -6.20. The van der Waals surface area contributed by atoms with Gasteiger partial charge in [0.25, 0.3) is 0 Å². The molecule has 0 radical (unpaired) electrons. The van der Waals surface area contributed by atoms with E-state index in [-0.39, 0.29) is 0 Å². The number of hydrogen-bond donors (Lipinski definition) is 0. The molecule has 3 aromatic heterocycles. The number of fused-ring (bicyclic) bond motifs is 8. The average molecular weight is 617 g/mol. The molecule has 3 aliphatic rings. The Morgan fingerprint density at radius 3 is 2.15 bits per heavy atom. The smallest absolute Gasteiger partial charge is 0.397 e. The highest BCUT2D eigenvalue weighted by Gasteiger charge is 2.69. The van der Waals surface area contributed by atoms with E-state index in [0.29, 0.717) is 0 Å². The molecular formula is C43H28N4O+2. The Morgan fingerprint density at radius 1 is 0.604 bits per heavy atom. The lowest BCUT2D eigenvalue weighted by Crippen LogP contribution is -2.77. The topological polar surface area (TPSA) is 26.8 Å². The fourth-order valence-corrected chi connectivity index (χ4v) is 9.55. The van der Waals surface area contributed by atoms with Crippen LogP contribution in [0.25, 0.3) is 66.0 Å². The highest BCUT2D eigenvalue weighted by Crippen LogP contribution is 2.55. The third-order valence-corrected chi connectivity index (χ3v) is 11.2. The van der Waals surface area contributed by atoms with Crippen LogP contribution in [-0.4, -0.2) is 9.25 Å². The first-order valence-corrected chi connectivity index (χ1v) is 16.6. The third-order valence-electron chi connectivity index (χ3n) is 11.2. The lowest BCUT2D eigenvalue weighted by Gasteiger charge is -2.33. The molecular weight excluding hydrogens is 589 g/mol. The van der Waals surface area contributed by atoms with Gasteiger partial charge in [-0.2, -0.15) is 9.13 Å². The summed E-state index contributed by atoms with van der Waals surface area (Å²) in [5, 5.41) is 7.53. The normalized spacial score (nSPS) is 16.4. The van der Waals surface area contributed by atoms with Crippen LogP contribution in [0.4, 0.5) is 0 Å². The Kier molecular flexibility index (Phi) is 4.26. The molecule has 0 amide bonds. The van der Waals surface area contributed by atoms with Crippen LogP contribution >= 0.6 is 0 Å². The first-order valence-electron chi connectivity index (χ1n) is 16.6. The van der Waals surface area contributed by atoms with Crippen LogP contribution in [0, 0.1) is 13.8 Å². The van der Waals surface area contributed by atoms with Crippen molar-refractivity contribution >= 4 is 43.5 Å². The third kappa shape index (κ3) is 2.60. The summed E-state index contributed by atoms with van der Waals surface area (Å²) in [6.07, 6.45) is 2.28. The van der Waals surface area contributed by atoms with Crippen LogP contribution in [0.2, 0.25) is 0 Å². The van der Waals surface area contributed by atoms with E-state index in [0.717, 1.165) is 28.4 Å². The number of hydrogen-bond acceptors (Lipinski definition) is 1. The van der Waals surface area contributed by atoms with Crippen LogP contribution in [0.3, 0.4) is 0 Å². The van der Waals surface area contributed by atoms with E-state index >= 15 is 0 Å². The molecule has 6 heterocycles. The first kappa shape index (κ1) is 25.0. The lowest BCUT2D eigenvalue weighted by molar-refractivity contribution is -0.990. The van der Waals surface area contributed by atoms with Crippen molar-refractivity contribution in [1.29, 1.82) is 0 Å². The molecule has 0 saturated carbocycles. The predicted molar refractivity (Wildman–Crippen MR) is 189 cm³/mol. The molecule has 0 N–H and O–H groups in total. The Balaban J connectivity index is 1.29. The maximum Gasteiger partial charge on any atom is 0.397 e. The largest absolute Gasteiger partial charge is 0.456 e. The summed E-state index contributed by atoms with van der Waals surface area (Å²) in [5.74, 6) is 1.79. The highest BCUT2D eigenvalue weighted by atomic mass is 16.5. The van der Waals surface area contributed by atoms with Crippen LogP contribution in [-0.2, 0) is 5.66 Å². The van der Waals surface area contributed by atoms with E-state index in [4.69, 9.17) is 4.74 Å². The highest BCUT2D eigenvalue weighted by molar-refractivity contribution is 6.08. The van der Waals surface area contributed by atoms with E-state index < -0.39 is 5.66 Å². The van der Waals surface area contributed by atoms with Gasteiger partial charge < -0.3 is 4.74 Å². The number of para-hydroxylation sites is 1. The van der Waals surface area contributed by atoms with Crippen molar-refractivity contribution in [3.05, 3.63) is 156 Å². The van der Waals surface area contributed by atoms with Gasteiger partial charge in [-0.3, -0.25) is 0 Å². The summed E-state index contributed by atoms with van der Waals surface area (Å²) in [7, 11) is 0. The van der Waals surface area contributed by atoms with E-state index in [9.17, 15) is 0 Å². The molecule has 0 aliphatic carbocycles. The monoisotopic (exact) mass is 616 g/mol. The summed E-state index contributed by atoms with van der Waals surface area (Å²) < 4.78 is 16.8. The Bertz CT molecular complexity index is 2960. The second kappa shape index (κ2) is 8.20. The minimum Gasteiger partial charge on any atom is -0.456 e. The molecule has 1 unspecified atom stereocenters. The SMILES string of the molecule is Cc1c(-c2cccc3cc4ccccc4cc23)c(C)[n+]2n1-c1cccc3c1C21c2c(cccc2-n2c4ccccc4c4ccc[n+]1c42)O3. The molecule has 5 heteroatoms. The zero-order valence-electron chi connectivity index (χ0n) is 26.4. The summed E-state index contributed by atoms with van der Waals surface area (Å²) in [5.41, 5.74) is 11.3. The molecule has 1 spiro atoms. The van der Waals surface area contributed by atoms with Crippen molar-refractivity contribution in [2.45, 2.75) is 19.5 Å². The van der Waals surface area contributed by atoms with Gasteiger partial charge in [-0.25, -0.2) is 0 Å². The van der Waals surface area contributed by atoms with Gasteiger partial charge >= 0.3 is 11.3 Å². The fraction of sp³-hybridized carbons (Fsp3) is 0.0698. The summed E-state index contributed by atoms with van der Waals surface area (Å²) in [6.45, 7) is 4.59. The second-order valence-electron chi connectivity index (χ2n) is 13.4. The Labute approximate surface area is 275 Å². The number of pyridine rings is 1. The molecule has 6 aromatic carbocycles. The number of ether oxygens (including phenoxy) is 1. The van der Waals surface area contributed by atoms with Gasteiger partial charge in [0.15, 0.2) is 11.3 Å². The van der Waals surface area contributed by atoms with Gasteiger partial charge in [-0.1, -0.05) is 71.4 Å². The maximum absolute atomic E-state index is 6.85. The molecule has 224 valence electrons. The number of benzene rings is 6. The van der Waals surface area contributed by atoms with Crippen LogP contribution in [0.1, 0.15) is 22.5 Å². The van der Waals surface area contributed by atoms with Crippen molar-refractivity contribution in [1.82, 2.24) is 9.25 Å². The zero-order valence-corrected chi connectivity index (χ0v) is 26.4. The van der Waals surface area contributed by atoms with Gasteiger partial charge in [-0.05, 0) is 94.7 Å². The summed E-state index contributed by atoms with van der Waals surface area (Å²) >= 11 is 0. The van der Waals surface area contributed by atoms with E-state index in [1.165, 1.54) is 71.6 Å². The quantitative estimate of drug-likeness (QED) is 0.134. The van der Waals surface area contributed by atoms with Gasteiger partial charge in [0.05, 0.1) is 22.8 Å². The molecule has 0 saturated heterocycles. The van der Waals surface area contributed by atoms with Gasteiger partial charge in [0.1, 0.15) is 28.3 Å². The summed E-state index contributed by atoms with van der Waals surface area (Å²) in [6, 6.07) is 46.4. The van der Waals surface area contributed by atoms with Gasteiger partial charge in [0, 0.05) is 12.3 Å². The molecule has 3 aliphatic heterocycles. The van der Waals surface area contributed by atoms with Crippen LogP contribution < -0.4 is 14.0 Å². The molecule has 48 heavy (non-hydrogen) atoms. The van der Waals surface area contributed by atoms with Gasteiger partial charge in [0.2, 0.25) is 5.69 Å². The molecule has 1 atom stereocenters. The molecule has 0 fully saturated rings. The molecule has 0 bridgehead atoms. The van der Waals surface area contributed by atoms with Gasteiger partial charge in [-0.15, -0.1) is 4.68 Å². The van der Waals surface area contributed by atoms with Crippen molar-refractivity contribution in [2.24, 2.45) is 0 Å². The molecule has 5 nitrogen and oxygen atoms in total. The first-order chi connectivity index (χ1) is 23.7. The number of rotatable bonds is 1. The van der Waals surface area contributed by atoms with E-state index in [1.54, 1.807) is 0 Å². The zero-order chi connectivity index (χ0) is 31.5. The maximum atomic E-state index is 6.85. The van der Waals surface area contributed by atoms with Crippen LogP contribution in [0.15, 0.2) is 134 Å². The minimum atomic E-state index is -0.704. The average Bonchev–Trinajstić information content (AvgIpc) is 3.72. The van der Waals surface area contributed by atoms with Crippen molar-refractivity contribution in [3.8, 4) is 34.0 Å². The Morgan fingerprint density at radius 2 is 1.29 bits per heavy atom. The van der Waals surface area contributed by atoms with Crippen LogP contribution in [0.5, 0.6) is 11.5 Å². The second-order valence-corrected chi connectivity index (χ2v) is 13.4. The van der Waals surface area contributed by atoms with Crippen molar-refractivity contribution < 1.29 is 14.0 Å². The minimum absolute atomic E-state index is 0.704. The molecule has 9 aromatic rings. The lowest BCUT2D eigenvalue weighted by atomic mass is 9.84. The number of aromatic nitrogens is 4. The standard InChI is InChI=1S/C43H28N4O/c1-25-39(31-15-7-13-29-23-27-11-3-4-12-28(27)24-33(29)31)26(2)47-43-40-35(18-8-20-37(40)48-38-21-9-19-36(41(38)43)46(25)47)45-34-17-6-5-14-30(34)32-16-10-22-44(43)42(32)45/h3-24H,1-2H3/q+2. The fourth-order valence-electron chi connectivity index (χ4n) is 9.55. The van der Waals surface area contributed by atoms with E-state index in [1.807, 2.05) is 0 Å². The van der Waals surface area contributed by atoms with E-state index in [2.05, 4.69) is 166 Å². The summed E-state index contributed by atoms with van der Waals surface area (Å²) in [4.78, 5) is 0. The van der Waals surface area contributed by atoms with Crippen molar-refractivity contribution in [3.63, 3.8) is 0 Å². The molecule has 12 rings (SSSR count). The predicted octanol–water partition coefficient (Wildman–Crippen LogP) is 8.77. The number of nitrogens with zero attached hydrogens (tertiary/aromatic N) is 4.